The highest BCUT2D eigenvalue weighted by Gasteiger charge is 2.32. The number of carbonyl (C=O) groups excluding carboxylic acids is 2. The van der Waals surface area contributed by atoms with Gasteiger partial charge in [-0.3, -0.25) is 0 Å². The normalized spacial score (nSPS) is 14.8. The van der Waals surface area contributed by atoms with Gasteiger partial charge in [-0.15, -0.1) is 0 Å². The van der Waals surface area contributed by atoms with E-state index in [0.29, 0.717) is 19.5 Å². The first kappa shape index (κ1) is 20.7. The number of halogens is 1. The van der Waals surface area contributed by atoms with Gasteiger partial charge < -0.3 is 14.4 Å². The molecule has 7 heteroatoms. The molecule has 1 amide bonds. The summed E-state index contributed by atoms with van der Waals surface area (Å²) in [4.78, 5) is 27.2. The van der Waals surface area contributed by atoms with Crippen molar-refractivity contribution in [2.75, 3.05) is 6.54 Å². The molecule has 1 aromatic heterocycles. The summed E-state index contributed by atoms with van der Waals surface area (Å²) in [6, 6.07) is 5.87. The van der Waals surface area contributed by atoms with Crippen LogP contribution >= 0.6 is 15.9 Å². The molecule has 0 unspecified atom stereocenters. The van der Waals surface area contributed by atoms with E-state index in [1.165, 1.54) is 0 Å². The van der Waals surface area contributed by atoms with Gasteiger partial charge in [0.1, 0.15) is 11.2 Å². The van der Waals surface area contributed by atoms with E-state index in [1.54, 1.807) is 9.47 Å². The predicted molar refractivity (Wildman–Crippen MR) is 112 cm³/mol. The van der Waals surface area contributed by atoms with Crippen LogP contribution in [0.25, 0.3) is 10.9 Å². The molecule has 0 N–H and O–H groups in total. The van der Waals surface area contributed by atoms with Gasteiger partial charge in [-0.25, -0.2) is 14.2 Å². The van der Waals surface area contributed by atoms with Gasteiger partial charge in [0, 0.05) is 16.4 Å². The summed E-state index contributed by atoms with van der Waals surface area (Å²) in [6.45, 7) is 11.9. The maximum absolute atomic E-state index is 13.0. The fourth-order valence-corrected chi connectivity index (χ4v) is 3.68. The lowest BCUT2D eigenvalue weighted by Gasteiger charge is -2.31. The van der Waals surface area contributed by atoms with Gasteiger partial charge in [-0.2, -0.15) is 0 Å². The van der Waals surface area contributed by atoms with Crippen LogP contribution in [0.3, 0.4) is 0 Å². The predicted octanol–water partition coefficient (Wildman–Crippen LogP) is 5.48. The average molecular weight is 451 g/mol. The van der Waals surface area contributed by atoms with E-state index >= 15 is 0 Å². The number of hydrogen-bond donors (Lipinski definition) is 0. The molecule has 0 saturated heterocycles. The molecule has 1 aromatic carbocycles. The number of fused-ring (bicyclic) bond motifs is 3. The second-order valence-electron chi connectivity index (χ2n) is 9.05. The number of aromatic nitrogens is 1. The molecule has 0 aliphatic carbocycles. The Kier molecular flexibility index (Phi) is 5.25. The second kappa shape index (κ2) is 7.10. The van der Waals surface area contributed by atoms with Crippen molar-refractivity contribution in [2.45, 2.75) is 65.7 Å². The fourth-order valence-electron chi connectivity index (χ4n) is 3.33. The van der Waals surface area contributed by atoms with Crippen LogP contribution < -0.4 is 0 Å². The highest BCUT2D eigenvalue weighted by molar-refractivity contribution is 9.10. The molecule has 2 heterocycles. The summed E-state index contributed by atoms with van der Waals surface area (Å²) >= 11 is 3.49. The maximum Gasteiger partial charge on any atom is 0.419 e. The summed E-state index contributed by atoms with van der Waals surface area (Å²) < 4.78 is 13.6. The Bertz CT molecular complexity index is 934. The number of carbonyl (C=O) groups is 2. The van der Waals surface area contributed by atoms with Crippen LogP contribution in [0.1, 0.15) is 52.8 Å². The zero-order valence-corrected chi connectivity index (χ0v) is 18.8. The molecule has 0 bridgehead atoms. The number of nitrogens with zero attached hydrogens (tertiary/aromatic N) is 2. The van der Waals surface area contributed by atoms with Gasteiger partial charge in [0.15, 0.2) is 0 Å². The molecular formula is C21H27BrN2O4. The Balaban J connectivity index is 2.05. The maximum atomic E-state index is 13.0. The molecule has 28 heavy (non-hydrogen) atoms. The van der Waals surface area contributed by atoms with Gasteiger partial charge in [-0.1, -0.05) is 22.0 Å². The minimum atomic E-state index is -0.619. The third-order valence-corrected chi connectivity index (χ3v) is 4.84. The van der Waals surface area contributed by atoms with E-state index in [2.05, 4.69) is 15.9 Å². The third kappa shape index (κ3) is 4.35. The van der Waals surface area contributed by atoms with Crippen LogP contribution in [-0.4, -0.2) is 39.4 Å². The van der Waals surface area contributed by atoms with E-state index in [9.17, 15) is 9.59 Å². The molecule has 0 atom stereocenters. The lowest BCUT2D eigenvalue weighted by molar-refractivity contribution is 0.0212. The van der Waals surface area contributed by atoms with Crippen LogP contribution in [0, 0.1) is 0 Å². The molecular weight excluding hydrogens is 424 g/mol. The summed E-state index contributed by atoms with van der Waals surface area (Å²) in [5.74, 6) is 0. The van der Waals surface area contributed by atoms with Crippen molar-refractivity contribution >= 4 is 39.0 Å². The topological polar surface area (TPSA) is 60.8 Å². The second-order valence-corrected chi connectivity index (χ2v) is 9.97. The SMILES string of the molecule is CC(C)(C)OC(=O)N1CCc2c(n(C(=O)OC(C)(C)C)c3cc(Br)ccc23)C1. The Morgan fingerprint density at radius 1 is 1.00 bits per heavy atom. The Hall–Kier alpha value is -2.02. The number of hydrogen-bond acceptors (Lipinski definition) is 4. The fraction of sp³-hybridized carbons (Fsp3) is 0.524. The van der Waals surface area contributed by atoms with Crippen molar-refractivity contribution in [2.24, 2.45) is 0 Å². The van der Waals surface area contributed by atoms with Gasteiger partial charge in [0.2, 0.25) is 0 Å². The Morgan fingerprint density at radius 2 is 1.61 bits per heavy atom. The molecule has 152 valence electrons. The van der Waals surface area contributed by atoms with Crippen LogP contribution in [0.5, 0.6) is 0 Å². The summed E-state index contributed by atoms with van der Waals surface area (Å²) in [5.41, 5.74) is 1.44. The van der Waals surface area contributed by atoms with E-state index < -0.39 is 17.3 Å². The zero-order valence-electron chi connectivity index (χ0n) is 17.3. The molecule has 1 aliphatic rings. The van der Waals surface area contributed by atoms with E-state index in [0.717, 1.165) is 26.6 Å². The van der Waals surface area contributed by atoms with Crippen molar-refractivity contribution < 1.29 is 19.1 Å². The standard InChI is InChI=1S/C21H27BrN2O4/c1-20(2,3)27-18(25)23-10-9-15-14-8-7-13(22)11-16(14)24(17(15)12-23)19(26)28-21(4,5)6/h7-8,11H,9-10,12H2,1-6H3. The lowest BCUT2D eigenvalue weighted by Crippen LogP contribution is -2.41. The minimum absolute atomic E-state index is 0.301. The van der Waals surface area contributed by atoms with Crippen LogP contribution in [-0.2, 0) is 22.4 Å². The number of benzene rings is 1. The molecule has 2 aromatic rings. The van der Waals surface area contributed by atoms with Crippen molar-refractivity contribution in [1.82, 2.24) is 9.47 Å². The summed E-state index contributed by atoms with van der Waals surface area (Å²) in [7, 11) is 0. The first-order valence-corrected chi connectivity index (χ1v) is 10.2. The Labute approximate surface area is 173 Å². The first-order valence-electron chi connectivity index (χ1n) is 9.39. The van der Waals surface area contributed by atoms with E-state index in [1.807, 2.05) is 59.7 Å². The molecule has 6 nitrogen and oxygen atoms in total. The van der Waals surface area contributed by atoms with Crippen molar-refractivity contribution in [3.05, 3.63) is 33.9 Å². The molecule has 0 spiro atoms. The summed E-state index contributed by atoms with van der Waals surface area (Å²) in [5, 5.41) is 1.01. The monoisotopic (exact) mass is 450 g/mol. The van der Waals surface area contributed by atoms with E-state index in [-0.39, 0.29) is 6.09 Å². The lowest BCUT2D eigenvalue weighted by atomic mass is 10.0. The quantitative estimate of drug-likeness (QED) is 0.532. The van der Waals surface area contributed by atoms with Gasteiger partial charge in [0.05, 0.1) is 17.8 Å². The van der Waals surface area contributed by atoms with Crippen molar-refractivity contribution in [1.29, 1.82) is 0 Å². The molecule has 0 saturated carbocycles. The van der Waals surface area contributed by atoms with Crippen LogP contribution in [0.4, 0.5) is 9.59 Å². The molecule has 0 radical (unpaired) electrons. The highest BCUT2D eigenvalue weighted by Crippen LogP contribution is 2.33. The number of rotatable bonds is 0. The summed E-state index contributed by atoms with van der Waals surface area (Å²) in [6.07, 6.45) is -0.161. The van der Waals surface area contributed by atoms with Crippen molar-refractivity contribution in [3.8, 4) is 0 Å². The number of ether oxygens (including phenoxy) is 2. The molecule has 0 fully saturated rings. The van der Waals surface area contributed by atoms with Gasteiger partial charge in [-0.05, 0) is 65.7 Å². The highest BCUT2D eigenvalue weighted by atomic mass is 79.9. The minimum Gasteiger partial charge on any atom is -0.444 e. The largest absolute Gasteiger partial charge is 0.444 e. The molecule has 3 rings (SSSR count). The molecule has 1 aliphatic heterocycles. The smallest absolute Gasteiger partial charge is 0.419 e. The zero-order chi connectivity index (χ0) is 20.9. The number of amides is 1. The Morgan fingerprint density at radius 3 is 2.21 bits per heavy atom. The van der Waals surface area contributed by atoms with E-state index in [4.69, 9.17) is 9.47 Å². The van der Waals surface area contributed by atoms with Crippen LogP contribution in [0.15, 0.2) is 22.7 Å². The van der Waals surface area contributed by atoms with Gasteiger partial charge in [0.25, 0.3) is 0 Å². The van der Waals surface area contributed by atoms with Crippen molar-refractivity contribution in [3.63, 3.8) is 0 Å². The van der Waals surface area contributed by atoms with Gasteiger partial charge >= 0.3 is 12.2 Å². The first-order chi connectivity index (χ1) is 12.9. The third-order valence-electron chi connectivity index (χ3n) is 4.34. The average Bonchev–Trinajstić information content (AvgIpc) is 2.83. The van der Waals surface area contributed by atoms with Crippen LogP contribution in [0.2, 0.25) is 0 Å².